The van der Waals surface area contributed by atoms with Gasteiger partial charge in [0.25, 0.3) is 0 Å². The van der Waals surface area contributed by atoms with Crippen LogP contribution in [0.15, 0.2) is 0 Å². The molecule has 0 aromatic carbocycles. The molecule has 31 heavy (non-hydrogen) atoms. The molecule has 0 heterocycles. The van der Waals surface area contributed by atoms with Crippen molar-refractivity contribution in [1.82, 2.24) is 0 Å². The molecule has 0 saturated carbocycles. The van der Waals surface area contributed by atoms with E-state index in [0.717, 1.165) is 4.58 Å². The van der Waals surface area contributed by atoms with Gasteiger partial charge in [0.1, 0.15) is 0 Å². The number of thioether (sulfide) groups is 2. The van der Waals surface area contributed by atoms with Crippen molar-refractivity contribution in [1.29, 1.82) is 0 Å². The van der Waals surface area contributed by atoms with Crippen LogP contribution in [-0.2, 0) is 0 Å². The summed E-state index contributed by atoms with van der Waals surface area (Å²) >= 11 is 6.31. The zero-order chi connectivity index (χ0) is 22.7. The monoisotopic (exact) mass is 577 g/mol. The van der Waals surface area contributed by atoms with Crippen LogP contribution in [-0.4, -0.2) is 38.6 Å². The van der Waals surface area contributed by atoms with Crippen LogP contribution in [0.25, 0.3) is 0 Å². The molecule has 0 atom stereocenters. The first kappa shape index (κ1) is 32.5. The van der Waals surface area contributed by atoms with Crippen LogP contribution in [0.5, 0.6) is 0 Å². The molecule has 0 aliphatic carbocycles. The second kappa shape index (κ2) is 29.5. The Hall–Kier alpha value is 1.50. The van der Waals surface area contributed by atoms with E-state index < -0.39 is 0 Å². The van der Waals surface area contributed by atoms with E-state index in [4.69, 9.17) is 0 Å². The van der Waals surface area contributed by atoms with Gasteiger partial charge in [-0.2, -0.15) is 0 Å². The van der Waals surface area contributed by atoms with Crippen LogP contribution in [0, 0.1) is 0 Å². The molecule has 0 aliphatic heterocycles. The van der Waals surface area contributed by atoms with Gasteiger partial charge in [-0.3, -0.25) is 0 Å². The molecule has 0 aliphatic rings. The molecule has 0 nitrogen and oxygen atoms in total. The normalized spacial score (nSPS) is 11.6. The summed E-state index contributed by atoms with van der Waals surface area (Å²) in [6, 6.07) is 0. The maximum absolute atomic E-state index is 2.31. The van der Waals surface area contributed by atoms with E-state index in [1.165, 1.54) is 157 Å². The Labute approximate surface area is 220 Å². The van der Waals surface area contributed by atoms with Gasteiger partial charge >= 0.3 is 156 Å². The summed E-state index contributed by atoms with van der Waals surface area (Å²) in [5.74, 6) is 2.81. The Kier molecular flexibility index (Phi) is 31.0. The minimum Gasteiger partial charge on any atom is -0.0654 e. The third-order valence-corrected chi connectivity index (χ3v) is 10.3. The average molecular weight is 577 g/mol. The van der Waals surface area contributed by atoms with Gasteiger partial charge < -0.3 is 0 Å². The zero-order valence-electron chi connectivity index (χ0n) is 21.6. The standard InChI is InChI=1S/C28H57S2.Sn/c1-4-7-9-11-13-15-17-19-21-23-26-29-28(25-6-3)30-27-24-22-20-18-16-14-12-10-8-5-2;/h28H,3-27H2,1-2H3;. The van der Waals surface area contributed by atoms with Gasteiger partial charge in [-0.05, 0) is 0 Å². The van der Waals surface area contributed by atoms with Crippen molar-refractivity contribution in [3.8, 4) is 0 Å². The summed E-state index contributed by atoms with van der Waals surface area (Å²) in [7, 11) is 0. The average Bonchev–Trinajstić information content (AvgIpc) is 2.78. The van der Waals surface area contributed by atoms with Crippen LogP contribution in [0.2, 0.25) is 4.44 Å². The maximum atomic E-state index is 2.31. The second-order valence-electron chi connectivity index (χ2n) is 9.43. The second-order valence-corrected chi connectivity index (χ2v) is 13.8. The van der Waals surface area contributed by atoms with E-state index in [9.17, 15) is 0 Å². The van der Waals surface area contributed by atoms with Crippen molar-refractivity contribution in [3.05, 3.63) is 0 Å². The van der Waals surface area contributed by atoms with Crippen molar-refractivity contribution in [2.45, 2.75) is 164 Å². The molecular formula is C28H57S2Sn. The minimum atomic E-state index is 0.887. The fourth-order valence-electron chi connectivity index (χ4n) is 4.09. The fourth-order valence-corrected chi connectivity index (χ4v) is 7.57. The Morgan fingerprint density at radius 1 is 0.452 bits per heavy atom. The third kappa shape index (κ3) is 27.6. The molecule has 0 spiro atoms. The van der Waals surface area contributed by atoms with Gasteiger partial charge in [0.2, 0.25) is 0 Å². The first-order chi connectivity index (χ1) is 15.3. The van der Waals surface area contributed by atoms with Crippen LogP contribution < -0.4 is 0 Å². The van der Waals surface area contributed by atoms with E-state index in [2.05, 4.69) is 37.4 Å². The van der Waals surface area contributed by atoms with Crippen molar-refractivity contribution in [2.75, 3.05) is 11.5 Å². The molecular weight excluding hydrogens is 519 g/mol. The molecule has 0 fully saturated rings. The van der Waals surface area contributed by atoms with Gasteiger partial charge in [0.15, 0.2) is 0 Å². The molecule has 185 valence electrons. The fraction of sp³-hybridized carbons (Fsp3) is 1.00. The molecule has 0 N–H and O–H groups in total. The molecule has 0 rings (SSSR count). The Bertz CT molecular complexity index is 285. The predicted molar refractivity (Wildman–Crippen MR) is 152 cm³/mol. The molecule has 0 unspecified atom stereocenters. The zero-order valence-corrected chi connectivity index (χ0v) is 26.1. The number of unbranched alkanes of at least 4 members (excludes halogenated alkanes) is 18. The quantitative estimate of drug-likeness (QED) is 0.0542. The predicted octanol–water partition coefficient (Wildman–Crippen LogP) is 11.0. The van der Waals surface area contributed by atoms with E-state index >= 15 is 0 Å². The topological polar surface area (TPSA) is 0 Å². The minimum absolute atomic E-state index is 0.887. The van der Waals surface area contributed by atoms with Gasteiger partial charge in [-0.25, -0.2) is 0 Å². The Balaban J connectivity index is 3.50. The number of rotatable bonds is 27. The van der Waals surface area contributed by atoms with Crippen molar-refractivity contribution >= 4 is 46.0 Å². The van der Waals surface area contributed by atoms with Gasteiger partial charge in [0.05, 0.1) is 0 Å². The van der Waals surface area contributed by atoms with Crippen LogP contribution in [0.1, 0.15) is 155 Å². The van der Waals surface area contributed by atoms with E-state index in [0.29, 0.717) is 0 Å². The van der Waals surface area contributed by atoms with Crippen LogP contribution >= 0.6 is 23.5 Å². The molecule has 3 radical (unpaired) electrons. The van der Waals surface area contributed by atoms with E-state index in [-0.39, 0.29) is 0 Å². The van der Waals surface area contributed by atoms with Crippen molar-refractivity contribution in [2.24, 2.45) is 0 Å². The van der Waals surface area contributed by atoms with Crippen molar-refractivity contribution < 1.29 is 0 Å². The summed E-state index contributed by atoms with van der Waals surface area (Å²) in [5, 5.41) is 0. The summed E-state index contributed by atoms with van der Waals surface area (Å²) in [4.78, 5) is 0. The Morgan fingerprint density at radius 3 is 1.10 bits per heavy atom. The Morgan fingerprint density at radius 2 is 0.774 bits per heavy atom. The summed E-state index contributed by atoms with van der Waals surface area (Å²) in [5.41, 5.74) is 0. The number of hydrogen-bond acceptors (Lipinski definition) is 2. The molecule has 0 amide bonds. The first-order valence-corrected chi connectivity index (χ1v) is 18.3. The first-order valence-electron chi connectivity index (χ1n) is 14.2. The van der Waals surface area contributed by atoms with E-state index in [1.807, 2.05) is 0 Å². The molecule has 3 heteroatoms. The third-order valence-electron chi connectivity index (χ3n) is 6.22. The molecule has 0 aromatic rings. The summed E-state index contributed by atoms with van der Waals surface area (Å²) < 4.78 is 2.33. The van der Waals surface area contributed by atoms with Gasteiger partial charge in [-0.15, -0.1) is 0 Å². The van der Waals surface area contributed by atoms with Gasteiger partial charge in [0, 0.05) is 0 Å². The summed E-state index contributed by atoms with van der Waals surface area (Å²) in [6.07, 6.45) is 32.1. The van der Waals surface area contributed by atoms with Gasteiger partial charge in [-0.1, -0.05) is 65.2 Å². The molecule has 0 bridgehead atoms. The number of hydrogen-bond donors (Lipinski definition) is 0. The smallest absolute Gasteiger partial charge is 0.0654 e. The van der Waals surface area contributed by atoms with Crippen LogP contribution in [0.3, 0.4) is 0 Å². The van der Waals surface area contributed by atoms with Crippen LogP contribution in [0.4, 0.5) is 0 Å². The van der Waals surface area contributed by atoms with Crippen molar-refractivity contribution in [3.63, 3.8) is 0 Å². The SMILES string of the molecule is CCCCCCCCCCCCSC(CC[CH2][Sn])SCCCCCCCCCCCC. The summed E-state index contributed by atoms with van der Waals surface area (Å²) in [6.45, 7) is 4.62. The molecule has 0 aromatic heterocycles. The van der Waals surface area contributed by atoms with E-state index in [1.54, 1.807) is 22.5 Å². The molecule has 0 saturated heterocycles.